The van der Waals surface area contributed by atoms with Crippen LogP contribution in [-0.4, -0.2) is 62.7 Å². The number of carbonyl (C=O) groups is 2. The lowest BCUT2D eigenvalue weighted by molar-refractivity contribution is -0.129. The topological polar surface area (TPSA) is 78.0 Å². The quantitative estimate of drug-likeness (QED) is 0.611. The molecule has 0 aliphatic carbocycles. The number of nitrogens with zero attached hydrogens (tertiary/aromatic N) is 3. The van der Waals surface area contributed by atoms with Crippen molar-refractivity contribution in [3.63, 3.8) is 0 Å². The molecule has 4 rings (SSSR count). The molecule has 1 heterocycles. The van der Waals surface area contributed by atoms with E-state index in [1.54, 1.807) is 29.0 Å². The lowest BCUT2D eigenvalue weighted by Gasteiger charge is -2.33. The largest absolute Gasteiger partial charge is 0.340 e. The number of amides is 2. The van der Waals surface area contributed by atoms with E-state index in [2.05, 4.69) is 0 Å². The zero-order valence-corrected chi connectivity index (χ0v) is 18.9. The Kier molecular flexibility index (Phi) is 5.99. The Morgan fingerprint density at radius 3 is 2.25 bits per heavy atom. The highest BCUT2D eigenvalue weighted by Gasteiger charge is 2.30. The lowest BCUT2D eigenvalue weighted by atomic mass is 10.1. The first kappa shape index (κ1) is 22.0. The normalized spacial score (nSPS) is 15.0. The van der Waals surface area contributed by atoms with Crippen LogP contribution in [-0.2, 0) is 14.8 Å². The maximum atomic E-state index is 13.2. The van der Waals surface area contributed by atoms with E-state index in [-0.39, 0.29) is 29.8 Å². The Morgan fingerprint density at radius 1 is 0.875 bits per heavy atom. The van der Waals surface area contributed by atoms with Gasteiger partial charge in [-0.2, -0.15) is 4.31 Å². The van der Waals surface area contributed by atoms with E-state index >= 15 is 0 Å². The van der Waals surface area contributed by atoms with Gasteiger partial charge in [-0.25, -0.2) is 8.42 Å². The van der Waals surface area contributed by atoms with E-state index in [0.717, 1.165) is 16.5 Å². The van der Waals surface area contributed by atoms with E-state index in [4.69, 9.17) is 0 Å². The highest BCUT2D eigenvalue weighted by Crippen LogP contribution is 2.27. The van der Waals surface area contributed by atoms with Gasteiger partial charge in [-0.05, 0) is 29.7 Å². The standard InChI is InChI=1S/C24H25N3O4S/c1-18(28)26-13-15-27(16-14-26)32(30,31)21-10-5-9-20(17-21)24(29)25(2)23-12-6-8-19-7-3-4-11-22(19)23/h3-12,17H,13-16H2,1-2H3. The van der Waals surface area contributed by atoms with Gasteiger partial charge in [-0.15, -0.1) is 0 Å². The lowest BCUT2D eigenvalue weighted by Crippen LogP contribution is -2.49. The van der Waals surface area contributed by atoms with Gasteiger partial charge in [0.05, 0.1) is 10.6 Å². The van der Waals surface area contributed by atoms with Gasteiger partial charge in [-0.1, -0.05) is 42.5 Å². The molecule has 0 unspecified atom stereocenters. The summed E-state index contributed by atoms with van der Waals surface area (Å²) in [6.45, 7) is 2.66. The smallest absolute Gasteiger partial charge is 0.258 e. The first-order valence-corrected chi connectivity index (χ1v) is 11.8. The molecule has 0 atom stereocenters. The van der Waals surface area contributed by atoms with E-state index < -0.39 is 10.0 Å². The molecule has 0 spiro atoms. The number of hydrogen-bond acceptors (Lipinski definition) is 4. The van der Waals surface area contributed by atoms with Crippen LogP contribution in [0, 0.1) is 0 Å². The molecule has 0 aromatic heterocycles. The Hall–Kier alpha value is -3.23. The Balaban J connectivity index is 1.60. The van der Waals surface area contributed by atoms with Gasteiger partial charge >= 0.3 is 0 Å². The maximum Gasteiger partial charge on any atom is 0.258 e. The van der Waals surface area contributed by atoms with Gasteiger partial charge in [-0.3, -0.25) is 9.59 Å². The van der Waals surface area contributed by atoms with Crippen LogP contribution < -0.4 is 4.90 Å². The van der Waals surface area contributed by atoms with Crippen molar-refractivity contribution in [2.24, 2.45) is 0 Å². The minimum atomic E-state index is -3.77. The molecule has 32 heavy (non-hydrogen) atoms. The highest BCUT2D eigenvalue weighted by atomic mass is 32.2. The molecule has 0 bridgehead atoms. The first-order valence-electron chi connectivity index (χ1n) is 10.4. The summed E-state index contributed by atoms with van der Waals surface area (Å²) in [7, 11) is -2.08. The minimum Gasteiger partial charge on any atom is -0.340 e. The third kappa shape index (κ3) is 4.11. The van der Waals surface area contributed by atoms with E-state index in [1.165, 1.54) is 23.4 Å². The van der Waals surface area contributed by atoms with Gasteiger partial charge in [0, 0.05) is 51.1 Å². The van der Waals surface area contributed by atoms with Crippen LogP contribution in [0.4, 0.5) is 5.69 Å². The van der Waals surface area contributed by atoms with Crippen LogP contribution >= 0.6 is 0 Å². The molecule has 2 amide bonds. The average molecular weight is 452 g/mol. The van der Waals surface area contributed by atoms with Gasteiger partial charge in [0.1, 0.15) is 0 Å². The average Bonchev–Trinajstić information content (AvgIpc) is 2.83. The van der Waals surface area contributed by atoms with E-state index in [1.807, 2.05) is 42.5 Å². The molecule has 8 heteroatoms. The molecule has 0 N–H and O–H groups in total. The molecule has 7 nitrogen and oxygen atoms in total. The highest BCUT2D eigenvalue weighted by molar-refractivity contribution is 7.89. The third-order valence-electron chi connectivity index (χ3n) is 5.84. The Morgan fingerprint density at radius 2 is 1.53 bits per heavy atom. The fraction of sp³-hybridized carbons (Fsp3) is 0.250. The van der Waals surface area contributed by atoms with Gasteiger partial charge in [0.25, 0.3) is 5.91 Å². The summed E-state index contributed by atoms with van der Waals surface area (Å²) in [6.07, 6.45) is 0. The summed E-state index contributed by atoms with van der Waals surface area (Å²) in [5.74, 6) is -0.356. The minimum absolute atomic E-state index is 0.0638. The summed E-state index contributed by atoms with van der Waals surface area (Å²) in [5, 5.41) is 1.96. The zero-order valence-electron chi connectivity index (χ0n) is 18.1. The van der Waals surface area contributed by atoms with Crippen LogP contribution in [0.1, 0.15) is 17.3 Å². The molecule has 0 saturated carbocycles. The molecule has 3 aromatic rings. The van der Waals surface area contributed by atoms with Crippen LogP contribution in [0.3, 0.4) is 0 Å². The number of fused-ring (bicyclic) bond motifs is 1. The number of hydrogen-bond donors (Lipinski definition) is 0. The summed E-state index contributed by atoms with van der Waals surface area (Å²) >= 11 is 0. The second-order valence-corrected chi connectivity index (χ2v) is 9.74. The van der Waals surface area contributed by atoms with Gasteiger partial charge in [0.15, 0.2) is 0 Å². The molecule has 1 saturated heterocycles. The van der Waals surface area contributed by atoms with Crippen LogP contribution in [0.15, 0.2) is 71.6 Å². The molecule has 1 aliphatic heterocycles. The van der Waals surface area contributed by atoms with Crippen LogP contribution in [0.5, 0.6) is 0 Å². The van der Waals surface area contributed by atoms with Crippen molar-refractivity contribution in [1.82, 2.24) is 9.21 Å². The molecule has 1 fully saturated rings. The monoisotopic (exact) mass is 451 g/mol. The summed E-state index contributed by atoms with van der Waals surface area (Å²) in [6, 6.07) is 19.7. The fourth-order valence-electron chi connectivity index (χ4n) is 3.99. The first-order chi connectivity index (χ1) is 15.3. The number of benzene rings is 3. The van der Waals surface area contributed by atoms with Crippen molar-refractivity contribution in [2.45, 2.75) is 11.8 Å². The van der Waals surface area contributed by atoms with E-state index in [0.29, 0.717) is 18.7 Å². The second-order valence-electron chi connectivity index (χ2n) is 7.80. The van der Waals surface area contributed by atoms with Crippen molar-refractivity contribution >= 4 is 38.3 Å². The number of sulfonamides is 1. The fourth-order valence-corrected chi connectivity index (χ4v) is 5.45. The Bertz CT molecular complexity index is 1280. The maximum absolute atomic E-state index is 13.2. The van der Waals surface area contributed by atoms with Crippen molar-refractivity contribution in [1.29, 1.82) is 0 Å². The van der Waals surface area contributed by atoms with Gasteiger partial charge in [0.2, 0.25) is 15.9 Å². The Labute approximate surface area is 187 Å². The number of rotatable bonds is 4. The van der Waals surface area contributed by atoms with Crippen molar-refractivity contribution < 1.29 is 18.0 Å². The van der Waals surface area contributed by atoms with Crippen molar-refractivity contribution in [3.8, 4) is 0 Å². The molecule has 166 valence electrons. The van der Waals surface area contributed by atoms with Crippen LogP contribution in [0.2, 0.25) is 0 Å². The number of carbonyl (C=O) groups excluding carboxylic acids is 2. The van der Waals surface area contributed by atoms with Crippen molar-refractivity contribution in [2.75, 3.05) is 38.1 Å². The number of piperazine rings is 1. The van der Waals surface area contributed by atoms with Crippen LogP contribution in [0.25, 0.3) is 10.8 Å². The predicted molar refractivity (Wildman–Crippen MR) is 124 cm³/mol. The molecule has 0 radical (unpaired) electrons. The molecule has 1 aliphatic rings. The van der Waals surface area contributed by atoms with Gasteiger partial charge < -0.3 is 9.80 Å². The summed E-state index contributed by atoms with van der Waals surface area (Å²) in [4.78, 5) is 28.0. The SMILES string of the molecule is CC(=O)N1CCN(S(=O)(=O)c2cccc(C(=O)N(C)c3cccc4ccccc34)c2)CC1. The molecule has 3 aromatic carbocycles. The third-order valence-corrected chi connectivity index (χ3v) is 7.73. The summed E-state index contributed by atoms with van der Waals surface area (Å²) < 4.78 is 27.7. The number of anilines is 1. The molecular formula is C24H25N3O4S. The van der Waals surface area contributed by atoms with Crippen molar-refractivity contribution in [3.05, 3.63) is 72.3 Å². The zero-order chi connectivity index (χ0) is 22.9. The molecular weight excluding hydrogens is 426 g/mol. The second kappa shape index (κ2) is 8.72. The predicted octanol–water partition coefficient (Wildman–Crippen LogP) is 2.97. The summed E-state index contributed by atoms with van der Waals surface area (Å²) in [5.41, 5.74) is 1.05. The van der Waals surface area contributed by atoms with E-state index in [9.17, 15) is 18.0 Å².